The molecule has 0 radical (unpaired) electrons. The van der Waals surface area contributed by atoms with E-state index >= 15 is 0 Å². The van der Waals surface area contributed by atoms with Crippen LogP contribution in [0.15, 0.2) is 21.5 Å². The molecule has 0 aliphatic carbocycles. The third-order valence-corrected chi connectivity index (χ3v) is 6.81. The number of fused-ring (bicyclic) bond motifs is 1. The smallest absolute Gasteiger partial charge is 0.303 e. The molecule has 0 fully saturated rings. The number of carboxylic acid groups (broad SMARTS) is 1. The Bertz CT molecular complexity index is 929. The predicted octanol–water partition coefficient (Wildman–Crippen LogP) is 3.17. The molecule has 2 N–H and O–H groups in total. The van der Waals surface area contributed by atoms with Gasteiger partial charge in [-0.3, -0.25) is 9.79 Å². The fraction of sp³-hybridized carbons (Fsp3) is 0.571. The Morgan fingerprint density at radius 1 is 1.33 bits per heavy atom. The number of nitrogens with zero attached hydrogens (tertiary/aromatic N) is 4. The maximum Gasteiger partial charge on any atom is 0.303 e. The molecule has 9 heteroatoms. The van der Waals surface area contributed by atoms with E-state index < -0.39 is 5.97 Å². The highest BCUT2D eigenvalue weighted by atomic mass is 32.2. The summed E-state index contributed by atoms with van der Waals surface area (Å²) in [4.78, 5) is 20.4. The van der Waals surface area contributed by atoms with Gasteiger partial charge in [0.25, 0.3) is 0 Å². The first-order valence-corrected chi connectivity index (χ1v) is 11.4. The van der Waals surface area contributed by atoms with Crippen LogP contribution in [0, 0.1) is 5.92 Å². The van der Waals surface area contributed by atoms with Gasteiger partial charge in [-0.05, 0) is 50.2 Å². The van der Waals surface area contributed by atoms with Crippen molar-refractivity contribution in [3.05, 3.63) is 35.2 Å². The number of pyridine rings is 1. The highest BCUT2D eigenvalue weighted by molar-refractivity contribution is 8.14. The lowest BCUT2D eigenvalue weighted by atomic mass is 9.97. The second kappa shape index (κ2) is 9.59. The number of anilines is 1. The van der Waals surface area contributed by atoms with Crippen LogP contribution >= 0.6 is 11.8 Å². The summed E-state index contributed by atoms with van der Waals surface area (Å²) >= 11 is 1.65. The molecule has 0 bridgehead atoms. The number of hydrogen-bond donors (Lipinski definition) is 2. The summed E-state index contributed by atoms with van der Waals surface area (Å²) in [6.07, 6.45) is 5.21. The number of rotatable bonds is 9. The van der Waals surface area contributed by atoms with Crippen molar-refractivity contribution >= 4 is 28.6 Å². The van der Waals surface area contributed by atoms with Gasteiger partial charge >= 0.3 is 5.97 Å². The van der Waals surface area contributed by atoms with Crippen LogP contribution in [0.5, 0.6) is 0 Å². The quantitative estimate of drug-likeness (QED) is 0.625. The number of carbonyl (C=O) groups is 1. The van der Waals surface area contributed by atoms with E-state index in [4.69, 9.17) is 9.40 Å². The molecule has 2 aromatic rings. The van der Waals surface area contributed by atoms with Crippen molar-refractivity contribution in [2.75, 3.05) is 18.4 Å². The topological polar surface area (TPSA) is 114 Å². The monoisotopic (exact) mass is 429 g/mol. The average molecular weight is 430 g/mol. The molecule has 30 heavy (non-hydrogen) atoms. The van der Waals surface area contributed by atoms with E-state index in [0.717, 1.165) is 48.8 Å². The Kier molecular flexibility index (Phi) is 6.66. The molecular formula is C21H27N5O3S. The predicted molar refractivity (Wildman–Crippen MR) is 116 cm³/mol. The maximum atomic E-state index is 11.3. The fourth-order valence-electron chi connectivity index (χ4n) is 3.94. The number of carboxylic acids is 1. The summed E-state index contributed by atoms with van der Waals surface area (Å²) in [5.41, 5.74) is 2.36. The molecule has 0 amide bonds. The second-order valence-electron chi connectivity index (χ2n) is 7.86. The summed E-state index contributed by atoms with van der Waals surface area (Å²) in [5, 5.41) is 22.1. The Morgan fingerprint density at radius 2 is 2.20 bits per heavy atom. The van der Waals surface area contributed by atoms with Gasteiger partial charge in [-0.2, -0.15) is 0 Å². The normalized spacial score (nSPS) is 19.1. The van der Waals surface area contributed by atoms with Crippen molar-refractivity contribution in [3.8, 4) is 0 Å². The zero-order valence-corrected chi connectivity index (χ0v) is 18.0. The first-order chi connectivity index (χ1) is 14.6. The van der Waals surface area contributed by atoms with Crippen LogP contribution in [0.4, 0.5) is 5.82 Å². The summed E-state index contributed by atoms with van der Waals surface area (Å²) < 4.78 is 5.82. The molecule has 0 aromatic carbocycles. The van der Waals surface area contributed by atoms with Crippen molar-refractivity contribution in [1.82, 2.24) is 15.2 Å². The van der Waals surface area contributed by atoms with E-state index in [1.165, 1.54) is 5.56 Å². The number of thioether (sulfide) groups is 1. The van der Waals surface area contributed by atoms with Crippen LogP contribution in [0.2, 0.25) is 0 Å². The molecule has 2 aliphatic heterocycles. The molecule has 4 heterocycles. The zero-order valence-electron chi connectivity index (χ0n) is 17.1. The van der Waals surface area contributed by atoms with Gasteiger partial charge in [0.05, 0.1) is 11.6 Å². The molecule has 160 valence electrons. The van der Waals surface area contributed by atoms with Crippen LogP contribution in [0.3, 0.4) is 0 Å². The molecule has 2 aromatic heterocycles. The van der Waals surface area contributed by atoms with E-state index in [1.807, 2.05) is 6.92 Å². The second-order valence-corrected chi connectivity index (χ2v) is 9.29. The highest BCUT2D eigenvalue weighted by Crippen LogP contribution is 2.31. The van der Waals surface area contributed by atoms with Crippen LogP contribution in [-0.4, -0.2) is 49.6 Å². The van der Waals surface area contributed by atoms with Crippen LogP contribution < -0.4 is 5.32 Å². The van der Waals surface area contributed by atoms with E-state index in [-0.39, 0.29) is 17.6 Å². The Labute approximate surface area is 180 Å². The molecule has 2 atom stereocenters. The van der Waals surface area contributed by atoms with E-state index in [9.17, 15) is 9.90 Å². The van der Waals surface area contributed by atoms with Gasteiger partial charge in [-0.15, -0.1) is 22.0 Å². The lowest BCUT2D eigenvalue weighted by molar-refractivity contribution is -0.138. The number of aromatic nitrogens is 3. The first-order valence-electron chi connectivity index (χ1n) is 10.5. The molecule has 2 unspecified atom stereocenters. The van der Waals surface area contributed by atoms with Gasteiger partial charge in [0.15, 0.2) is 0 Å². The van der Waals surface area contributed by atoms with Gasteiger partial charge in [-0.25, -0.2) is 4.98 Å². The van der Waals surface area contributed by atoms with E-state index in [2.05, 4.69) is 32.6 Å². The first kappa shape index (κ1) is 20.8. The van der Waals surface area contributed by atoms with E-state index in [0.29, 0.717) is 31.2 Å². The van der Waals surface area contributed by atoms with Crippen molar-refractivity contribution in [3.63, 3.8) is 0 Å². The van der Waals surface area contributed by atoms with Crippen molar-refractivity contribution < 1.29 is 14.3 Å². The SMILES string of the molecule is CC1=NCC(C(CC(=O)O)Cc2nnc(CCCc3ccc4c(n3)NCCC4)o2)S1. The zero-order chi connectivity index (χ0) is 20.9. The number of aryl methyl sites for hydroxylation is 3. The van der Waals surface area contributed by atoms with Gasteiger partial charge in [-0.1, -0.05) is 6.07 Å². The third-order valence-electron chi connectivity index (χ3n) is 5.50. The summed E-state index contributed by atoms with van der Waals surface area (Å²) in [5.74, 6) is 1.25. The number of hydrogen-bond acceptors (Lipinski definition) is 8. The van der Waals surface area contributed by atoms with Crippen molar-refractivity contribution in [2.45, 2.75) is 57.1 Å². The van der Waals surface area contributed by atoms with Gasteiger partial charge in [0, 0.05) is 36.8 Å². The van der Waals surface area contributed by atoms with Gasteiger partial charge in [0.1, 0.15) is 5.82 Å². The molecule has 4 rings (SSSR count). The largest absolute Gasteiger partial charge is 0.481 e. The molecule has 0 saturated carbocycles. The Hall–Kier alpha value is -2.42. The lowest BCUT2D eigenvalue weighted by Gasteiger charge is -2.18. The minimum absolute atomic E-state index is 0.0748. The fourth-order valence-corrected chi connectivity index (χ4v) is 5.06. The molecule has 2 aliphatic rings. The number of aliphatic imine (C=N–C) groups is 1. The van der Waals surface area contributed by atoms with Gasteiger partial charge in [0.2, 0.25) is 11.8 Å². The minimum Gasteiger partial charge on any atom is -0.481 e. The van der Waals surface area contributed by atoms with Crippen molar-refractivity contribution in [1.29, 1.82) is 0 Å². The summed E-state index contributed by atoms with van der Waals surface area (Å²) in [7, 11) is 0. The Morgan fingerprint density at radius 3 is 3.00 bits per heavy atom. The molecule has 0 saturated heterocycles. The average Bonchev–Trinajstić information content (AvgIpc) is 3.36. The van der Waals surface area contributed by atoms with Crippen LogP contribution in [0.25, 0.3) is 0 Å². The lowest BCUT2D eigenvalue weighted by Crippen LogP contribution is -2.24. The Balaban J connectivity index is 1.29. The maximum absolute atomic E-state index is 11.3. The van der Waals surface area contributed by atoms with Crippen LogP contribution in [-0.2, 0) is 30.5 Å². The third kappa shape index (κ3) is 5.38. The van der Waals surface area contributed by atoms with E-state index in [1.54, 1.807) is 11.8 Å². The minimum atomic E-state index is -0.808. The van der Waals surface area contributed by atoms with Crippen molar-refractivity contribution in [2.24, 2.45) is 10.9 Å². The van der Waals surface area contributed by atoms with Crippen LogP contribution in [0.1, 0.15) is 49.2 Å². The standard InChI is InChI=1S/C21H27N5O3S/c1-13-23-12-17(30-13)15(11-20(27)28)10-19-26-25-18(29-19)6-2-5-16-8-7-14-4-3-9-22-21(14)24-16/h7-8,15,17H,2-6,9-12H2,1H3,(H,22,24)(H,27,28). The number of aliphatic carboxylic acids is 1. The van der Waals surface area contributed by atoms with Gasteiger partial charge < -0.3 is 14.8 Å². The summed E-state index contributed by atoms with van der Waals surface area (Å²) in [6, 6.07) is 4.27. The molecule has 8 nitrogen and oxygen atoms in total. The number of nitrogens with one attached hydrogen (secondary N) is 1. The summed E-state index contributed by atoms with van der Waals surface area (Å²) in [6.45, 7) is 3.60. The highest BCUT2D eigenvalue weighted by Gasteiger charge is 2.30. The molecule has 0 spiro atoms. The molecular weight excluding hydrogens is 402 g/mol.